The van der Waals surface area contributed by atoms with Crippen LogP contribution in [0.5, 0.6) is 0 Å². The Balaban J connectivity index is 2.70. The van der Waals surface area contributed by atoms with Crippen LogP contribution in [0.15, 0.2) is 0 Å². The molecule has 21 heavy (non-hydrogen) atoms. The number of carbonyl (C=O) groups is 1. The third-order valence-corrected chi connectivity index (χ3v) is 2.77. The average molecular weight is 297 g/mol. The van der Waals surface area contributed by atoms with E-state index in [1.807, 2.05) is 27.7 Å². The molecule has 1 aromatic rings. The molecular weight excluding hydrogens is 274 g/mol. The second-order valence-electron chi connectivity index (χ2n) is 5.85. The Morgan fingerprint density at radius 3 is 2.52 bits per heavy atom. The van der Waals surface area contributed by atoms with Crippen LogP contribution in [0.1, 0.15) is 39.8 Å². The molecular formula is C13H23N5O3. The van der Waals surface area contributed by atoms with Crippen molar-refractivity contribution in [2.24, 2.45) is 7.05 Å². The van der Waals surface area contributed by atoms with Gasteiger partial charge in [-0.2, -0.15) is 5.10 Å². The minimum Gasteiger partial charge on any atom is -0.364 e. The molecule has 118 valence electrons. The molecule has 1 rings (SSSR count). The average Bonchev–Trinajstić information content (AvgIpc) is 2.64. The second kappa shape index (κ2) is 6.55. The quantitative estimate of drug-likeness (QED) is 0.613. The molecule has 0 aliphatic carbocycles. The largest absolute Gasteiger partial charge is 0.364 e. The molecule has 0 atom stereocenters. The van der Waals surface area contributed by atoms with Crippen LogP contribution in [0.25, 0.3) is 0 Å². The fourth-order valence-corrected chi connectivity index (χ4v) is 1.97. The first-order valence-corrected chi connectivity index (χ1v) is 6.91. The molecule has 0 aromatic carbocycles. The van der Waals surface area contributed by atoms with Gasteiger partial charge in [0.2, 0.25) is 11.7 Å². The number of aryl methyl sites for hydroxylation is 2. The van der Waals surface area contributed by atoms with Crippen LogP contribution in [0.3, 0.4) is 0 Å². The summed E-state index contributed by atoms with van der Waals surface area (Å²) in [5, 5.41) is 21.0. The summed E-state index contributed by atoms with van der Waals surface area (Å²) in [6.45, 7) is 7.83. The molecule has 1 heterocycles. The number of amides is 1. The number of carbonyl (C=O) groups excluding carboxylic acids is 1. The number of nitro groups is 1. The summed E-state index contributed by atoms with van der Waals surface area (Å²) in [7, 11) is 1.64. The number of aromatic nitrogens is 2. The van der Waals surface area contributed by atoms with E-state index in [-0.39, 0.29) is 23.6 Å². The van der Waals surface area contributed by atoms with Gasteiger partial charge in [-0.3, -0.25) is 14.9 Å². The van der Waals surface area contributed by atoms with Crippen molar-refractivity contribution in [3.8, 4) is 0 Å². The van der Waals surface area contributed by atoms with Crippen LogP contribution in [-0.2, 0) is 18.3 Å². The molecule has 0 aliphatic heterocycles. The van der Waals surface area contributed by atoms with E-state index in [2.05, 4.69) is 15.7 Å². The molecule has 2 N–H and O–H groups in total. The summed E-state index contributed by atoms with van der Waals surface area (Å²) in [5.41, 5.74) is 0.130. The van der Waals surface area contributed by atoms with Crippen LogP contribution in [-0.4, -0.2) is 32.7 Å². The summed E-state index contributed by atoms with van der Waals surface area (Å²) in [6, 6.07) is 0. The molecule has 0 aliphatic rings. The van der Waals surface area contributed by atoms with Gasteiger partial charge in [0.15, 0.2) is 0 Å². The highest BCUT2D eigenvalue weighted by Crippen LogP contribution is 2.28. The predicted molar refractivity (Wildman–Crippen MR) is 80.2 cm³/mol. The van der Waals surface area contributed by atoms with Crippen LogP contribution in [0.2, 0.25) is 0 Å². The summed E-state index contributed by atoms with van der Waals surface area (Å²) in [4.78, 5) is 22.4. The monoisotopic (exact) mass is 297 g/mol. The maximum absolute atomic E-state index is 11.7. The lowest BCUT2D eigenvalue weighted by atomic mass is 10.1. The van der Waals surface area contributed by atoms with E-state index in [1.165, 1.54) is 4.68 Å². The van der Waals surface area contributed by atoms with E-state index in [4.69, 9.17) is 0 Å². The zero-order valence-corrected chi connectivity index (χ0v) is 13.2. The van der Waals surface area contributed by atoms with Gasteiger partial charge in [0.25, 0.3) is 0 Å². The highest BCUT2D eigenvalue weighted by atomic mass is 16.6. The van der Waals surface area contributed by atoms with Gasteiger partial charge in [-0.15, -0.1) is 0 Å². The fraction of sp³-hybridized carbons (Fsp3) is 0.692. The third-order valence-electron chi connectivity index (χ3n) is 2.77. The molecule has 1 amide bonds. The van der Waals surface area contributed by atoms with E-state index in [0.29, 0.717) is 24.5 Å². The molecule has 8 nitrogen and oxygen atoms in total. The highest BCUT2D eigenvalue weighted by Gasteiger charge is 2.25. The van der Waals surface area contributed by atoms with Gasteiger partial charge >= 0.3 is 5.69 Å². The normalized spacial score (nSPS) is 11.3. The zero-order valence-electron chi connectivity index (χ0n) is 13.2. The minimum absolute atomic E-state index is 0.0174. The molecule has 0 saturated heterocycles. The van der Waals surface area contributed by atoms with Crippen LogP contribution >= 0.6 is 0 Å². The van der Waals surface area contributed by atoms with Gasteiger partial charge in [-0.05, 0) is 27.2 Å². The maximum Gasteiger partial charge on any atom is 0.333 e. The topological polar surface area (TPSA) is 102 Å². The van der Waals surface area contributed by atoms with Crippen molar-refractivity contribution in [3.63, 3.8) is 0 Å². The van der Waals surface area contributed by atoms with Gasteiger partial charge in [0.05, 0.1) is 4.92 Å². The first-order valence-electron chi connectivity index (χ1n) is 6.91. The Kier molecular flexibility index (Phi) is 5.28. The lowest BCUT2D eigenvalue weighted by Crippen LogP contribution is -2.41. The molecule has 0 radical (unpaired) electrons. The number of nitrogens with zero attached hydrogens (tertiary/aromatic N) is 3. The van der Waals surface area contributed by atoms with Gasteiger partial charge in [-0.25, -0.2) is 4.68 Å². The van der Waals surface area contributed by atoms with Crippen LogP contribution in [0.4, 0.5) is 11.5 Å². The number of hydrogen-bond acceptors (Lipinski definition) is 5. The second-order valence-corrected chi connectivity index (χ2v) is 5.85. The van der Waals surface area contributed by atoms with Crippen LogP contribution in [0, 0.1) is 10.1 Å². The summed E-state index contributed by atoms with van der Waals surface area (Å²) < 4.78 is 1.44. The van der Waals surface area contributed by atoms with Gasteiger partial charge < -0.3 is 10.6 Å². The Labute approximate surface area is 124 Å². The number of nitrogens with one attached hydrogen (secondary N) is 2. The van der Waals surface area contributed by atoms with Crippen molar-refractivity contribution >= 4 is 17.4 Å². The smallest absolute Gasteiger partial charge is 0.333 e. The molecule has 8 heteroatoms. The lowest BCUT2D eigenvalue weighted by molar-refractivity contribution is -0.384. The van der Waals surface area contributed by atoms with Gasteiger partial charge in [-0.1, -0.05) is 6.92 Å². The van der Waals surface area contributed by atoms with Crippen molar-refractivity contribution in [2.75, 3.05) is 11.9 Å². The van der Waals surface area contributed by atoms with Crippen molar-refractivity contribution in [1.82, 2.24) is 15.1 Å². The Morgan fingerprint density at radius 1 is 1.43 bits per heavy atom. The first kappa shape index (κ1) is 16.9. The zero-order chi connectivity index (χ0) is 16.2. The predicted octanol–water partition coefficient (Wildman–Crippen LogP) is 1.61. The Bertz CT molecular complexity index is 531. The van der Waals surface area contributed by atoms with Gasteiger partial charge in [0, 0.05) is 25.6 Å². The number of hydrogen-bond donors (Lipinski definition) is 2. The van der Waals surface area contributed by atoms with Crippen molar-refractivity contribution in [1.29, 1.82) is 0 Å². The Hall–Kier alpha value is -2.12. The van der Waals surface area contributed by atoms with Crippen molar-refractivity contribution < 1.29 is 9.72 Å². The molecule has 0 fully saturated rings. The highest BCUT2D eigenvalue weighted by molar-refractivity contribution is 5.77. The van der Waals surface area contributed by atoms with E-state index in [1.54, 1.807) is 7.05 Å². The summed E-state index contributed by atoms with van der Waals surface area (Å²) in [5.74, 6) is 0.232. The number of rotatable bonds is 6. The fourth-order valence-electron chi connectivity index (χ4n) is 1.97. The molecule has 0 unspecified atom stereocenters. The van der Waals surface area contributed by atoms with Crippen LogP contribution < -0.4 is 10.6 Å². The summed E-state index contributed by atoms with van der Waals surface area (Å²) >= 11 is 0. The molecule has 0 saturated carbocycles. The lowest BCUT2D eigenvalue weighted by Gasteiger charge is -2.20. The standard InChI is InChI=1S/C13H23N5O3/c1-6-9-11(18(20)21)12(17(5)16-9)14-8-7-10(19)15-13(2,3)4/h14H,6-8H2,1-5H3,(H,15,19). The van der Waals surface area contributed by atoms with E-state index in [0.717, 1.165) is 0 Å². The maximum atomic E-state index is 11.7. The van der Waals surface area contributed by atoms with E-state index < -0.39 is 4.92 Å². The molecule has 0 spiro atoms. The molecule has 1 aromatic heterocycles. The minimum atomic E-state index is -0.441. The summed E-state index contributed by atoms with van der Waals surface area (Å²) in [6.07, 6.45) is 0.720. The van der Waals surface area contributed by atoms with E-state index >= 15 is 0 Å². The SMILES string of the molecule is CCc1nn(C)c(NCCC(=O)NC(C)(C)C)c1[N+](=O)[O-]. The third kappa shape index (κ3) is 4.73. The molecule has 0 bridgehead atoms. The van der Waals surface area contributed by atoms with E-state index in [9.17, 15) is 14.9 Å². The Morgan fingerprint density at radius 2 is 2.05 bits per heavy atom. The first-order chi connectivity index (χ1) is 9.65. The van der Waals surface area contributed by atoms with Crippen molar-refractivity contribution in [2.45, 2.75) is 46.1 Å². The van der Waals surface area contributed by atoms with Crippen molar-refractivity contribution in [3.05, 3.63) is 15.8 Å². The number of anilines is 1. The van der Waals surface area contributed by atoms with Gasteiger partial charge in [0.1, 0.15) is 5.69 Å².